The number of pyridine rings is 1. The molecule has 0 saturated carbocycles. The predicted molar refractivity (Wildman–Crippen MR) is 119 cm³/mol. The van der Waals surface area contributed by atoms with Crippen molar-refractivity contribution in [3.8, 4) is 0 Å². The summed E-state index contributed by atoms with van der Waals surface area (Å²) in [6.45, 7) is 5.23. The fraction of sp³-hybridized carbons (Fsp3) is 0.333. The summed E-state index contributed by atoms with van der Waals surface area (Å²) in [6, 6.07) is 13.3. The second kappa shape index (κ2) is 8.62. The molecule has 2 heterocycles. The van der Waals surface area contributed by atoms with E-state index < -0.39 is 6.10 Å². The number of nitrogens with one attached hydrogen (secondary N) is 1. The van der Waals surface area contributed by atoms with Gasteiger partial charge in [-0.2, -0.15) is 0 Å². The van der Waals surface area contributed by atoms with Gasteiger partial charge in [-0.15, -0.1) is 0 Å². The normalized spacial score (nSPS) is 16.2. The van der Waals surface area contributed by atoms with E-state index in [0.717, 1.165) is 34.0 Å². The standard InChI is InChI=1S/C24H25ClN2O3/c1-15-5-8-18-12-19(23(28)26-22(18)16(15)2)14-27(24(29)21-4-3-11-30-21)13-17-6-9-20(25)10-7-17/h5-10,12,21H,3-4,11,13-14H2,1-2H3,(H,26,28). The first kappa shape index (κ1) is 20.6. The maximum Gasteiger partial charge on any atom is 0.253 e. The van der Waals surface area contributed by atoms with Crippen LogP contribution in [0.2, 0.25) is 5.02 Å². The van der Waals surface area contributed by atoms with Crippen molar-refractivity contribution in [1.29, 1.82) is 0 Å². The number of carbonyl (C=O) groups is 1. The Balaban J connectivity index is 1.67. The average molecular weight is 425 g/mol. The van der Waals surface area contributed by atoms with E-state index in [1.54, 1.807) is 17.0 Å². The van der Waals surface area contributed by atoms with E-state index >= 15 is 0 Å². The molecule has 1 saturated heterocycles. The Labute approximate surface area is 180 Å². The molecule has 1 amide bonds. The molecule has 156 valence electrons. The van der Waals surface area contributed by atoms with E-state index in [0.29, 0.717) is 30.2 Å². The average Bonchev–Trinajstić information content (AvgIpc) is 3.27. The second-order valence-electron chi connectivity index (χ2n) is 7.92. The minimum Gasteiger partial charge on any atom is -0.368 e. The fourth-order valence-electron chi connectivity index (χ4n) is 3.89. The van der Waals surface area contributed by atoms with Gasteiger partial charge in [0.25, 0.3) is 11.5 Å². The van der Waals surface area contributed by atoms with Crippen LogP contribution in [-0.2, 0) is 22.6 Å². The van der Waals surface area contributed by atoms with E-state index in [4.69, 9.17) is 16.3 Å². The number of hydrogen-bond donors (Lipinski definition) is 1. The monoisotopic (exact) mass is 424 g/mol. The van der Waals surface area contributed by atoms with Crippen molar-refractivity contribution < 1.29 is 9.53 Å². The van der Waals surface area contributed by atoms with Crippen molar-refractivity contribution in [2.75, 3.05) is 6.61 Å². The summed E-state index contributed by atoms with van der Waals surface area (Å²) in [5.74, 6) is -0.0815. The molecule has 4 rings (SSSR count). The van der Waals surface area contributed by atoms with Crippen molar-refractivity contribution >= 4 is 28.4 Å². The van der Waals surface area contributed by atoms with Crippen LogP contribution in [0, 0.1) is 13.8 Å². The Morgan fingerprint density at radius 3 is 2.63 bits per heavy atom. The Morgan fingerprint density at radius 1 is 1.17 bits per heavy atom. The van der Waals surface area contributed by atoms with Crippen LogP contribution >= 0.6 is 11.6 Å². The highest BCUT2D eigenvalue weighted by molar-refractivity contribution is 6.30. The lowest BCUT2D eigenvalue weighted by molar-refractivity contribution is -0.142. The molecule has 1 fully saturated rings. The van der Waals surface area contributed by atoms with Gasteiger partial charge in [-0.3, -0.25) is 9.59 Å². The largest absolute Gasteiger partial charge is 0.368 e. The van der Waals surface area contributed by atoms with Crippen molar-refractivity contribution in [2.45, 2.75) is 45.9 Å². The van der Waals surface area contributed by atoms with Crippen LogP contribution in [0.25, 0.3) is 10.9 Å². The van der Waals surface area contributed by atoms with Gasteiger partial charge in [0.1, 0.15) is 6.10 Å². The van der Waals surface area contributed by atoms with Crippen LogP contribution in [0.1, 0.15) is 35.1 Å². The number of amides is 1. The lowest BCUT2D eigenvalue weighted by atomic mass is 10.0. The van der Waals surface area contributed by atoms with Crippen molar-refractivity contribution in [3.63, 3.8) is 0 Å². The number of hydrogen-bond acceptors (Lipinski definition) is 3. The van der Waals surface area contributed by atoms with Gasteiger partial charge in [0, 0.05) is 23.7 Å². The zero-order valence-corrected chi connectivity index (χ0v) is 18.0. The number of halogens is 1. The molecule has 1 atom stereocenters. The lowest BCUT2D eigenvalue weighted by Crippen LogP contribution is -2.39. The first-order valence-electron chi connectivity index (χ1n) is 10.2. The number of carbonyl (C=O) groups excluding carboxylic acids is 1. The number of aryl methyl sites for hydroxylation is 2. The van der Waals surface area contributed by atoms with Gasteiger partial charge in [-0.1, -0.05) is 35.9 Å². The van der Waals surface area contributed by atoms with Crippen molar-refractivity contribution in [1.82, 2.24) is 9.88 Å². The molecule has 2 aromatic carbocycles. The molecule has 1 unspecified atom stereocenters. The lowest BCUT2D eigenvalue weighted by Gasteiger charge is -2.25. The Bertz CT molecular complexity index is 1130. The summed E-state index contributed by atoms with van der Waals surface area (Å²) in [5.41, 5.74) is 4.38. The van der Waals surface area contributed by atoms with Gasteiger partial charge in [-0.25, -0.2) is 0 Å². The minimum absolute atomic E-state index is 0.0815. The third-order valence-electron chi connectivity index (χ3n) is 5.79. The van der Waals surface area contributed by atoms with Gasteiger partial charge in [0.15, 0.2) is 0 Å². The summed E-state index contributed by atoms with van der Waals surface area (Å²) >= 11 is 6.00. The highest BCUT2D eigenvalue weighted by atomic mass is 35.5. The molecule has 1 aliphatic rings. The Hall–Kier alpha value is -2.63. The number of rotatable bonds is 5. The number of ether oxygens (including phenoxy) is 1. The molecule has 0 spiro atoms. The van der Waals surface area contributed by atoms with Crippen LogP contribution in [-0.4, -0.2) is 28.5 Å². The van der Waals surface area contributed by atoms with E-state index in [2.05, 4.69) is 4.98 Å². The zero-order chi connectivity index (χ0) is 21.3. The quantitative estimate of drug-likeness (QED) is 0.655. The van der Waals surface area contributed by atoms with E-state index in [1.165, 1.54) is 0 Å². The third kappa shape index (κ3) is 4.27. The number of nitrogens with zero attached hydrogens (tertiary/aromatic N) is 1. The molecular weight excluding hydrogens is 400 g/mol. The zero-order valence-electron chi connectivity index (χ0n) is 17.2. The van der Waals surface area contributed by atoms with Crippen LogP contribution in [0.4, 0.5) is 0 Å². The van der Waals surface area contributed by atoms with Crippen molar-refractivity contribution in [2.24, 2.45) is 0 Å². The second-order valence-corrected chi connectivity index (χ2v) is 8.35. The molecule has 5 nitrogen and oxygen atoms in total. The summed E-state index contributed by atoms with van der Waals surface area (Å²) < 4.78 is 5.62. The van der Waals surface area contributed by atoms with Gasteiger partial charge >= 0.3 is 0 Å². The van der Waals surface area contributed by atoms with Crippen LogP contribution in [0.15, 0.2) is 47.3 Å². The number of H-pyrrole nitrogens is 1. The van der Waals surface area contributed by atoms with Crippen molar-refractivity contribution in [3.05, 3.63) is 80.1 Å². The summed E-state index contributed by atoms with van der Waals surface area (Å²) in [5, 5.41) is 1.61. The molecule has 0 bridgehead atoms. The topological polar surface area (TPSA) is 62.4 Å². The number of benzene rings is 2. The van der Waals surface area contributed by atoms with E-state index in [-0.39, 0.29) is 18.0 Å². The minimum atomic E-state index is -0.443. The van der Waals surface area contributed by atoms with Gasteiger partial charge in [-0.05, 0) is 67.0 Å². The van der Waals surface area contributed by atoms with E-state index in [1.807, 2.05) is 44.2 Å². The molecule has 1 aromatic heterocycles. The Morgan fingerprint density at radius 2 is 1.93 bits per heavy atom. The van der Waals surface area contributed by atoms with Gasteiger partial charge in [0.2, 0.25) is 0 Å². The number of aromatic nitrogens is 1. The number of aromatic amines is 1. The molecule has 6 heteroatoms. The van der Waals surface area contributed by atoms with Crippen LogP contribution in [0.5, 0.6) is 0 Å². The SMILES string of the molecule is Cc1ccc2cc(CN(Cc3ccc(Cl)cc3)C(=O)C3CCCO3)c(=O)[nH]c2c1C. The van der Waals surface area contributed by atoms with Gasteiger partial charge in [0.05, 0.1) is 12.1 Å². The first-order chi connectivity index (χ1) is 14.4. The molecule has 1 aliphatic heterocycles. The van der Waals surface area contributed by atoms with Crippen LogP contribution in [0.3, 0.4) is 0 Å². The number of fused-ring (bicyclic) bond motifs is 1. The highest BCUT2D eigenvalue weighted by Crippen LogP contribution is 2.22. The molecule has 1 N–H and O–H groups in total. The maximum absolute atomic E-state index is 13.2. The molecule has 0 aliphatic carbocycles. The summed E-state index contributed by atoms with van der Waals surface area (Å²) in [6.07, 6.45) is 1.14. The summed E-state index contributed by atoms with van der Waals surface area (Å²) in [4.78, 5) is 30.7. The Kier molecular flexibility index (Phi) is 5.93. The smallest absolute Gasteiger partial charge is 0.253 e. The first-order valence-corrected chi connectivity index (χ1v) is 10.6. The molecule has 3 aromatic rings. The maximum atomic E-state index is 13.2. The predicted octanol–water partition coefficient (Wildman–Crippen LogP) is 4.51. The summed E-state index contributed by atoms with van der Waals surface area (Å²) in [7, 11) is 0. The van der Waals surface area contributed by atoms with Crippen LogP contribution < -0.4 is 5.56 Å². The highest BCUT2D eigenvalue weighted by Gasteiger charge is 2.29. The molecule has 30 heavy (non-hydrogen) atoms. The van der Waals surface area contributed by atoms with Gasteiger partial charge < -0.3 is 14.6 Å². The molecular formula is C24H25ClN2O3. The molecule has 0 radical (unpaired) electrons. The fourth-order valence-corrected chi connectivity index (χ4v) is 4.02. The third-order valence-corrected chi connectivity index (χ3v) is 6.04. The van der Waals surface area contributed by atoms with E-state index in [9.17, 15) is 9.59 Å².